The maximum atomic E-state index is 9.90. The van der Waals surface area contributed by atoms with Crippen molar-refractivity contribution in [2.75, 3.05) is 13.2 Å². The summed E-state index contributed by atoms with van der Waals surface area (Å²) in [6.45, 7) is 3.41. The molecule has 1 aromatic carbocycles. The Bertz CT molecular complexity index is 591. The second-order valence-electron chi connectivity index (χ2n) is 4.74. The molecule has 1 unspecified atom stereocenters. The van der Waals surface area contributed by atoms with E-state index in [4.69, 9.17) is 16.3 Å². The first kappa shape index (κ1) is 16.8. The van der Waals surface area contributed by atoms with Gasteiger partial charge in [-0.2, -0.15) is 0 Å². The average Bonchev–Trinajstić information content (AvgIpc) is 2.86. The Morgan fingerprint density at radius 3 is 2.90 bits per heavy atom. The van der Waals surface area contributed by atoms with Crippen molar-refractivity contribution in [1.29, 1.82) is 0 Å². The van der Waals surface area contributed by atoms with Crippen LogP contribution in [0, 0.1) is 6.92 Å². The topological polar surface area (TPSA) is 41.5 Å². The van der Waals surface area contributed by atoms with E-state index in [-0.39, 0.29) is 6.61 Å². The van der Waals surface area contributed by atoms with Gasteiger partial charge in [0.15, 0.2) is 0 Å². The van der Waals surface area contributed by atoms with Crippen LogP contribution in [0.3, 0.4) is 0 Å². The van der Waals surface area contributed by atoms with Crippen molar-refractivity contribution in [3.05, 3.63) is 49.6 Å². The molecule has 0 saturated carbocycles. The summed E-state index contributed by atoms with van der Waals surface area (Å²) in [6, 6.07) is 7.53. The number of rotatable bonds is 7. The smallest absolute Gasteiger partial charge is 0.119 e. The number of ether oxygens (including phenoxy) is 1. The molecule has 0 aliphatic rings. The molecule has 6 heteroatoms. The maximum absolute atomic E-state index is 9.90. The lowest BCUT2D eigenvalue weighted by Crippen LogP contribution is -2.30. The van der Waals surface area contributed by atoms with Gasteiger partial charge in [0.2, 0.25) is 0 Å². The summed E-state index contributed by atoms with van der Waals surface area (Å²) >= 11 is 11.1. The highest BCUT2D eigenvalue weighted by atomic mass is 79.9. The van der Waals surface area contributed by atoms with Gasteiger partial charge in [0, 0.05) is 32.8 Å². The van der Waals surface area contributed by atoms with Gasteiger partial charge < -0.3 is 15.2 Å². The molecule has 1 aromatic heterocycles. The van der Waals surface area contributed by atoms with Crippen LogP contribution in [0.15, 0.2) is 34.1 Å². The SMILES string of the molecule is Cc1cc(OCC(O)CNCc2cc(Br)cs2)ccc1Cl. The van der Waals surface area contributed by atoms with Crippen LogP contribution in [-0.2, 0) is 6.54 Å². The molecule has 0 fully saturated rings. The molecular formula is C15H17BrClNO2S. The normalized spacial score (nSPS) is 12.4. The third kappa shape index (κ3) is 5.60. The van der Waals surface area contributed by atoms with Crippen LogP contribution in [0.5, 0.6) is 5.75 Å². The van der Waals surface area contributed by atoms with E-state index >= 15 is 0 Å². The molecule has 2 aromatic rings. The second kappa shape index (κ2) is 8.15. The number of benzene rings is 1. The largest absolute Gasteiger partial charge is 0.491 e. The number of thiophene rings is 1. The van der Waals surface area contributed by atoms with E-state index in [9.17, 15) is 5.11 Å². The zero-order valence-corrected chi connectivity index (χ0v) is 14.8. The van der Waals surface area contributed by atoms with Crippen molar-refractivity contribution in [3.8, 4) is 5.75 Å². The molecule has 0 radical (unpaired) electrons. The van der Waals surface area contributed by atoms with E-state index in [1.54, 1.807) is 23.5 Å². The fraction of sp³-hybridized carbons (Fsp3) is 0.333. The predicted molar refractivity (Wildman–Crippen MR) is 91.4 cm³/mol. The molecule has 2 rings (SSSR count). The van der Waals surface area contributed by atoms with Crippen LogP contribution in [0.2, 0.25) is 5.02 Å². The quantitative estimate of drug-likeness (QED) is 0.751. The maximum Gasteiger partial charge on any atom is 0.119 e. The van der Waals surface area contributed by atoms with Gasteiger partial charge in [0.25, 0.3) is 0 Å². The van der Waals surface area contributed by atoms with E-state index in [0.717, 1.165) is 22.3 Å². The Kier molecular flexibility index (Phi) is 6.51. The zero-order valence-electron chi connectivity index (χ0n) is 11.6. The van der Waals surface area contributed by atoms with Crippen molar-refractivity contribution >= 4 is 38.9 Å². The molecular weight excluding hydrogens is 374 g/mol. The first-order valence-corrected chi connectivity index (χ1v) is 8.60. The number of aliphatic hydroxyl groups is 1. The van der Waals surface area contributed by atoms with Crippen LogP contribution < -0.4 is 10.1 Å². The molecule has 2 N–H and O–H groups in total. The minimum absolute atomic E-state index is 0.252. The van der Waals surface area contributed by atoms with Gasteiger partial charge in [-0.05, 0) is 52.7 Å². The Morgan fingerprint density at radius 2 is 2.24 bits per heavy atom. The fourth-order valence-electron chi connectivity index (χ4n) is 1.77. The van der Waals surface area contributed by atoms with Crippen molar-refractivity contribution in [3.63, 3.8) is 0 Å². The molecule has 0 bridgehead atoms. The lowest BCUT2D eigenvalue weighted by molar-refractivity contribution is 0.106. The molecule has 0 aliphatic heterocycles. The second-order valence-corrected chi connectivity index (χ2v) is 7.06. The lowest BCUT2D eigenvalue weighted by atomic mass is 10.2. The van der Waals surface area contributed by atoms with Crippen molar-refractivity contribution < 1.29 is 9.84 Å². The van der Waals surface area contributed by atoms with E-state index in [1.165, 1.54) is 4.88 Å². The first-order chi connectivity index (χ1) is 10.0. The Labute approximate surface area is 142 Å². The summed E-state index contributed by atoms with van der Waals surface area (Å²) in [4.78, 5) is 1.23. The zero-order chi connectivity index (χ0) is 15.2. The van der Waals surface area contributed by atoms with Crippen LogP contribution in [-0.4, -0.2) is 24.4 Å². The molecule has 0 amide bonds. The van der Waals surface area contributed by atoms with Crippen molar-refractivity contribution in [2.24, 2.45) is 0 Å². The van der Waals surface area contributed by atoms with Crippen LogP contribution in [0.1, 0.15) is 10.4 Å². The van der Waals surface area contributed by atoms with Crippen molar-refractivity contribution in [2.45, 2.75) is 19.6 Å². The van der Waals surface area contributed by atoms with E-state index in [0.29, 0.717) is 11.6 Å². The number of halogens is 2. The van der Waals surface area contributed by atoms with Crippen LogP contribution >= 0.6 is 38.9 Å². The molecule has 21 heavy (non-hydrogen) atoms. The number of aryl methyl sites for hydroxylation is 1. The molecule has 114 valence electrons. The summed E-state index contributed by atoms with van der Waals surface area (Å²) in [5, 5.41) is 15.9. The summed E-state index contributed by atoms with van der Waals surface area (Å²) in [7, 11) is 0. The number of nitrogens with one attached hydrogen (secondary N) is 1. The molecule has 0 saturated heterocycles. The molecule has 3 nitrogen and oxygen atoms in total. The highest BCUT2D eigenvalue weighted by Gasteiger charge is 2.06. The third-order valence-electron chi connectivity index (χ3n) is 2.87. The van der Waals surface area contributed by atoms with Gasteiger partial charge in [-0.25, -0.2) is 0 Å². The number of hydrogen-bond donors (Lipinski definition) is 2. The summed E-state index contributed by atoms with van der Waals surface area (Å²) in [5.74, 6) is 0.720. The van der Waals surface area contributed by atoms with Crippen molar-refractivity contribution in [1.82, 2.24) is 5.32 Å². The van der Waals surface area contributed by atoms with Gasteiger partial charge in [-0.1, -0.05) is 11.6 Å². The molecule has 1 atom stereocenters. The van der Waals surface area contributed by atoms with Crippen LogP contribution in [0.25, 0.3) is 0 Å². The Morgan fingerprint density at radius 1 is 1.43 bits per heavy atom. The van der Waals surface area contributed by atoms with Gasteiger partial charge >= 0.3 is 0 Å². The first-order valence-electron chi connectivity index (χ1n) is 6.55. The monoisotopic (exact) mass is 389 g/mol. The Hall–Kier alpha value is -0.590. The molecule has 0 spiro atoms. The van der Waals surface area contributed by atoms with Crippen LogP contribution in [0.4, 0.5) is 0 Å². The van der Waals surface area contributed by atoms with Gasteiger partial charge in [-0.15, -0.1) is 11.3 Å². The standard InChI is InChI=1S/C15H17BrClNO2S/c1-10-4-13(2-3-15(10)17)20-8-12(19)6-18-7-14-5-11(16)9-21-14/h2-5,9,12,18-19H,6-8H2,1H3. The third-order valence-corrected chi connectivity index (χ3v) is 4.99. The highest BCUT2D eigenvalue weighted by Crippen LogP contribution is 2.21. The summed E-state index contributed by atoms with van der Waals surface area (Å²) in [6.07, 6.45) is -0.551. The molecule has 1 heterocycles. The van der Waals surface area contributed by atoms with Gasteiger partial charge in [0.05, 0.1) is 0 Å². The number of aliphatic hydroxyl groups excluding tert-OH is 1. The minimum Gasteiger partial charge on any atom is -0.491 e. The Balaban J connectivity index is 1.69. The minimum atomic E-state index is -0.551. The fourth-order valence-corrected chi connectivity index (χ4v) is 3.30. The lowest BCUT2D eigenvalue weighted by Gasteiger charge is -2.13. The van der Waals surface area contributed by atoms with E-state index < -0.39 is 6.10 Å². The highest BCUT2D eigenvalue weighted by molar-refractivity contribution is 9.10. The van der Waals surface area contributed by atoms with E-state index in [2.05, 4.69) is 27.3 Å². The molecule has 0 aliphatic carbocycles. The van der Waals surface area contributed by atoms with Gasteiger partial charge in [-0.3, -0.25) is 0 Å². The van der Waals surface area contributed by atoms with E-state index in [1.807, 2.05) is 18.4 Å². The number of hydrogen-bond acceptors (Lipinski definition) is 4. The van der Waals surface area contributed by atoms with Gasteiger partial charge in [0.1, 0.15) is 18.5 Å². The average molecular weight is 391 g/mol. The summed E-state index contributed by atoms with van der Waals surface area (Å²) < 4.78 is 6.65. The summed E-state index contributed by atoms with van der Waals surface area (Å²) in [5.41, 5.74) is 0.963. The predicted octanol–water partition coefficient (Wildman–Crippen LogP) is 4.00.